The number of hydrogen-bond donors (Lipinski definition) is 0. The molecule has 0 N–H and O–H groups in total. The first-order valence-electron chi connectivity index (χ1n) is 9.91. The van der Waals surface area contributed by atoms with Crippen molar-refractivity contribution >= 4 is 30.2 Å². The molecule has 8 heteroatoms. The maximum absolute atomic E-state index is 13.2. The van der Waals surface area contributed by atoms with Crippen molar-refractivity contribution in [1.29, 1.82) is 0 Å². The zero-order chi connectivity index (χ0) is 22.6. The van der Waals surface area contributed by atoms with Crippen LogP contribution < -0.4 is 0 Å². The first-order chi connectivity index (χ1) is 14.7. The molecular weight excluding hydrogens is 402 g/mol. The molecule has 3 rings (SSSR count). The lowest BCUT2D eigenvalue weighted by Crippen LogP contribution is -2.63. The van der Waals surface area contributed by atoms with Gasteiger partial charge in [-0.05, 0) is 26.3 Å². The van der Waals surface area contributed by atoms with Crippen molar-refractivity contribution in [3.8, 4) is 0 Å². The lowest BCUT2D eigenvalue weighted by Gasteiger charge is -2.40. The van der Waals surface area contributed by atoms with Gasteiger partial charge in [0.05, 0.1) is 11.8 Å². The number of esters is 2. The zero-order valence-electron chi connectivity index (χ0n) is 17.7. The van der Waals surface area contributed by atoms with Crippen LogP contribution in [0.3, 0.4) is 0 Å². The van der Waals surface area contributed by atoms with Gasteiger partial charge < -0.3 is 14.2 Å². The highest BCUT2D eigenvalue weighted by Crippen LogP contribution is 2.47. The molecule has 2 aliphatic heterocycles. The number of β-lactam (4-membered cyclic amide) rings is 1. The molecule has 0 radical (unpaired) electrons. The van der Waals surface area contributed by atoms with Crippen molar-refractivity contribution in [1.82, 2.24) is 4.90 Å². The zero-order valence-corrected chi connectivity index (χ0v) is 17.7. The van der Waals surface area contributed by atoms with Crippen LogP contribution in [0.1, 0.15) is 39.2 Å². The average molecular weight is 427 g/mol. The van der Waals surface area contributed by atoms with Crippen LogP contribution in [-0.2, 0) is 33.4 Å². The van der Waals surface area contributed by atoms with Gasteiger partial charge in [0.2, 0.25) is 18.2 Å². The molecule has 0 bridgehead atoms. The summed E-state index contributed by atoms with van der Waals surface area (Å²) in [6, 6.07) is 9.40. The smallest absolute Gasteiger partial charge is 0.343 e. The van der Waals surface area contributed by atoms with Crippen molar-refractivity contribution in [2.45, 2.75) is 45.4 Å². The number of ether oxygens (including phenoxy) is 3. The molecule has 164 valence electrons. The fraction of sp³-hybridized carbons (Fsp3) is 0.391. The molecule has 8 nitrogen and oxygen atoms in total. The summed E-state index contributed by atoms with van der Waals surface area (Å²) in [5.74, 6) is -1.64. The van der Waals surface area contributed by atoms with Crippen molar-refractivity contribution in [3.63, 3.8) is 0 Å². The SMILES string of the molecule is CC(C)(C)C(=O)OCOC(=O)C1(C/C=C/c2ccccc2)/C(=C\C=O)O[C@@H]2CC(=O)N21. The Balaban J connectivity index is 1.85. The summed E-state index contributed by atoms with van der Waals surface area (Å²) >= 11 is 0. The number of rotatable bonds is 7. The van der Waals surface area contributed by atoms with Gasteiger partial charge in [-0.2, -0.15) is 0 Å². The minimum Gasteiger partial charge on any atom is -0.471 e. The van der Waals surface area contributed by atoms with Crippen LogP contribution in [0, 0.1) is 5.41 Å². The Morgan fingerprint density at radius 3 is 2.55 bits per heavy atom. The molecule has 1 unspecified atom stereocenters. The molecule has 2 atom stereocenters. The molecule has 0 aromatic heterocycles. The molecule has 1 aromatic rings. The van der Waals surface area contributed by atoms with Gasteiger partial charge in [-0.15, -0.1) is 0 Å². The highest BCUT2D eigenvalue weighted by atomic mass is 16.7. The van der Waals surface area contributed by atoms with Gasteiger partial charge in [0.25, 0.3) is 0 Å². The Morgan fingerprint density at radius 2 is 1.94 bits per heavy atom. The van der Waals surface area contributed by atoms with Gasteiger partial charge in [-0.25, -0.2) is 4.79 Å². The lowest BCUT2D eigenvalue weighted by molar-refractivity contribution is -0.185. The van der Waals surface area contributed by atoms with E-state index in [-0.39, 0.29) is 24.5 Å². The van der Waals surface area contributed by atoms with Crippen molar-refractivity contribution in [2.24, 2.45) is 5.41 Å². The Labute approximate surface area is 180 Å². The van der Waals surface area contributed by atoms with E-state index in [0.29, 0.717) is 6.29 Å². The first kappa shape index (κ1) is 22.3. The largest absolute Gasteiger partial charge is 0.471 e. The number of nitrogens with zero attached hydrogens (tertiary/aromatic N) is 1. The van der Waals surface area contributed by atoms with E-state index in [2.05, 4.69) is 0 Å². The van der Waals surface area contributed by atoms with E-state index in [1.54, 1.807) is 32.9 Å². The fourth-order valence-corrected chi connectivity index (χ4v) is 3.43. The lowest BCUT2D eigenvalue weighted by atomic mass is 9.88. The van der Waals surface area contributed by atoms with E-state index in [0.717, 1.165) is 11.6 Å². The second-order valence-electron chi connectivity index (χ2n) is 8.32. The highest BCUT2D eigenvalue weighted by Gasteiger charge is 2.64. The van der Waals surface area contributed by atoms with Crippen LogP contribution in [0.25, 0.3) is 6.08 Å². The molecule has 2 fully saturated rings. The molecule has 2 saturated heterocycles. The van der Waals surface area contributed by atoms with Gasteiger partial charge in [0, 0.05) is 12.5 Å². The normalized spacial score (nSPS) is 23.8. The number of amides is 1. The first-order valence-corrected chi connectivity index (χ1v) is 9.91. The molecule has 0 aliphatic carbocycles. The molecule has 1 aromatic carbocycles. The predicted molar refractivity (Wildman–Crippen MR) is 110 cm³/mol. The summed E-state index contributed by atoms with van der Waals surface area (Å²) < 4.78 is 15.9. The Hall–Kier alpha value is -3.42. The number of aldehydes is 1. The molecule has 2 aliphatic rings. The summed E-state index contributed by atoms with van der Waals surface area (Å²) in [6.45, 7) is 4.41. The molecule has 0 saturated carbocycles. The summed E-state index contributed by atoms with van der Waals surface area (Å²) in [5.41, 5.74) is -1.50. The molecule has 2 heterocycles. The van der Waals surface area contributed by atoms with Gasteiger partial charge >= 0.3 is 11.9 Å². The molecule has 0 spiro atoms. The summed E-state index contributed by atoms with van der Waals surface area (Å²) in [4.78, 5) is 50.0. The average Bonchev–Trinajstić information content (AvgIpc) is 2.96. The maximum atomic E-state index is 13.2. The van der Waals surface area contributed by atoms with Gasteiger partial charge in [0.1, 0.15) is 12.0 Å². The molecule has 1 amide bonds. The van der Waals surface area contributed by atoms with Crippen molar-refractivity contribution < 1.29 is 33.4 Å². The third-order valence-corrected chi connectivity index (χ3v) is 5.06. The number of carbonyl (C=O) groups excluding carboxylic acids is 4. The van der Waals surface area contributed by atoms with Crippen LogP contribution >= 0.6 is 0 Å². The summed E-state index contributed by atoms with van der Waals surface area (Å²) in [5, 5.41) is 0. The Kier molecular flexibility index (Phi) is 6.29. The summed E-state index contributed by atoms with van der Waals surface area (Å²) in [7, 11) is 0. The second kappa shape index (κ2) is 8.75. The maximum Gasteiger partial charge on any atom is 0.343 e. The van der Waals surface area contributed by atoms with E-state index < -0.39 is 35.9 Å². The van der Waals surface area contributed by atoms with Crippen LogP contribution in [0.5, 0.6) is 0 Å². The van der Waals surface area contributed by atoms with Gasteiger partial charge in [-0.3, -0.25) is 19.3 Å². The molecule has 31 heavy (non-hydrogen) atoms. The minimum absolute atomic E-state index is 0.0237. The van der Waals surface area contributed by atoms with Crippen LogP contribution in [0.2, 0.25) is 0 Å². The number of carbonyl (C=O) groups is 4. The quantitative estimate of drug-likeness (QED) is 0.217. The van der Waals surface area contributed by atoms with Crippen LogP contribution in [-0.4, -0.2) is 47.6 Å². The van der Waals surface area contributed by atoms with E-state index in [1.807, 2.05) is 30.3 Å². The predicted octanol–water partition coefficient (Wildman–Crippen LogP) is 2.59. The topological polar surface area (TPSA) is 99.2 Å². The van der Waals surface area contributed by atoms with E-state index in [4.69, 9.17) is 14.2 Å². The fourth-order valence-electron chi connectivity index (χ4n) is 3.43. The third-order valence-electron chi connectivity index (χ3n) is 5.06. The minimum atomic E-state index is -1.64. The standard InChI is InChI=1S/C23H25NO7/c1-22(2,3)20(27)29-15-30-21(28)23(12-7-10-16-8-5-4-6-9-16)17(11-13-25)31-19-14-18(26)24(19)23/h4-11,13,19H,12,14-15H2,1-3H3/b10-7+,17-11+/t19-,23?/m1/s1. The number of hydrogen-bond acceptors (Lipinski definition) is 7. The van der Waals surface area contributed by atoms with Gasteiger partial charge in [-0.1, -0.05) is 42.5 Å². The third kappa shape index (κ3) is 4.38. The molecular formula is C23H25NO7. The van der Waals surface area contributed by atoms with E-state index in [9.17, 15) is 19.2 Å². The van der Waals surface area contributed by atoms with Crippen LogP contribution in [0.4, 0.5) is 0 Å². The number of fused-ring (bicyclic) bond motifs is 1. The van der Waals surface area contributed by atoms with Crippen LogP contribution in [0.15, 0.2) is 48.2 Å². The Morgan fingerprint density at radius 1 is 1.23 bits per heavy atom. The Bertz CT molecular complexity index is 929. The van der Waals surface area contributed by atoms with Crippen molar-refractivity contribution in [3.05, 3.63) is 53.8 Å². The van der Waals surface area contributed by atoms with E-state index in [1.165, 1.54) is 4.90 Å². The van der Waals surface area contributed by atoms with Crippen molar-refractivity contribution in [2.75, 3.05) is 6.79 Å². The monoisotopic (exact) mass is 427 g/mol. The highest BCUT2D eigenvalue weighted by molar-refractivity contribution is 5.96. The van der Waals surface area contributed by atoms with Gasteiger partial charge in [0.15, 0.2) is 6.23 Å². The van der Waals surface area contributed by atoms with E-state index >= 15 is 0 Å². The second-order valence-corrected chi connectivity index (χ2v) is 8.32. The number of benzene rings is 1. The number of allylic oxidation sites excluding steroid dienone is 1. The summed E-state index contributed by atoms with van der Waals surface area (Å²) in [6.07, 6.45) is 4.60.